The van der Waals surface area contributed by atoms with Crippen molar-refractivity contribution in [2.75, 3.05) is 0 Å². The number of aromatic amines is 1. The summed E-state index contributed by atoms with van der Waals surface area (Å²) in [6, 6.07) is 0.290. The van der Waals surface area contributed by atoms with Gasteiger partial charge in [-0.3, -0.25) is 9.55 Å². The minimum Gasteiger partial charge on any atom is -0.493 e. The van der Waals surface area contributed by atoms with Crippen molar-refractivity contribution in [2.24, 2.45) is 0 Å². The topological polar surface area (TPSA) is 58.0 Å². The Bertz CT molecular complexity index is 334. The van der Waals surface area contributed by atoms with E-state index in [4.69, 9.17) is 5.11 Å². The van der Waals surface area contributed by atoms with Gasteiger partial charge in [0.2, 0.25) is 5.88 Å². The summed E-state index contributed by atoms with van der Waals surface area (Å²) in [4.78, 5) is 13.7. The number of nitrogens with one attached hydrogen (secondary N) is 1. The summed E-state index contributed by atoms with van der Waals surface area (Å²) in [5.74, 6) is -0.0319. The molecule has 0 radical (unpaired) electrons. The molecule has 1 saturated carbocycles. The largest absolute Gasteiger partial charge is 0.493 e. The second-order valence-corrected chi connectivity index (χ2v) is 3.64. The van der Waals surface area contributed by atoms with Crippen molar-refractivity contribution < 1.29 is 5.11 Å². The van der Waals surface area contributed by atoms with E-state index >= 15 is 0 Å². The minimum absolute atomic E-state index is 0.0319. The molecule has 4 heteroatoms. The molecular weight excluding hydrogens is 168 g/mol. The number of imidazole rings is 1. The van der Waals surface area contributed by atoms with E-state index in [9.17, 15) is 4.79 Å². The van der Waals surface area contributed by atoms with Crippen LogP contribution in [-0.4, -0.2) is 14.7 Å². The van der Waals surface area contributed by atoms with Crippen molar-refractivity contribution in [3.8, 4) is 5.88 Å². The molecule has 0 amide bonds. The third kappa shape index (κ3) is 1.61. The Morgan fingerprint density at radius 3 is 2.62 bits per heavy atom. The van der Waals surface area contributed by atoms with Gasteiger partial charge in [0, 0.05) is 6.04 Å². The van der Waals surface area contributed by atoms with Crippen LogP contribution in [-0.2, 0) is 0 Å². The van der Waals surface area contributed by atoms with Crippen molar-refractivity contribution in [2.45, 2.75) is 38.1 Å². The van der Waals surface area contributed by atoms with Gasteiger partial charge in [-0.1, -0.05) is 19.3 Å². The first-order chi connectivity index (χ1) is 6.27. The number of hydrogen-bond donors (Lipinski definition) is 2. The standard InChI is InChI=1S/C9H14N2O2/c12-8-6-11(9(13)10-8)7-4-2-1-3-5-7/h6-7,12H,1-5H2,(H,10,13). The Labute approximate surface area is 76.2 Å². The molecule has 1 aliphatic carbocycles. The lowest BCUT2D eigenvalue weighted by molar-refractivity contribution is 0.346. The van der Waals surface area contributed by atoms with E-state index in [1.165, 1.54) is 25.5 Å². The fourth-order valence-corrected chi connectivity index (χ4v) is 2.03. The third-order valence-electron chi connectivity index (χ3n) is 2.70. The molecule has 2 N–H and O–H groups in total. The van der Waals surface area contributed by atoms with Crippen LogP contribution >= 0.6 is 0 Å². The molecule has 0 atom stereocenters. The Kier molecular flexibility index (Phi) is 2.12. The number of H-pyrrole nitrogens is 1. The molecule has 4 nitrogen and oxygen atoms in total. The Morgan fingerprint density at radius 2 is 2.08 bits per heavy atom. The molecule has 0 bridgehead atoms. The second kappa shape index (κ2) is 3.28. The highest BCUT2D eigenvalue weighted by Crippen LogP contribution is 2.27. The molecule has 0 aliphatic heterocycles. The summed E-state index contributed by atoms with van der Waals surface area (Å²) in [6.45, 7) is 0. The molecule has 1 fully saturated rings. The Morgan fingerprint density at radius 1 is 1.38 bits per heavy atom. The fourth-order valence-electron chi connectivity index (χ4n) is 2.03. The minimum atomic E-state index is -0.190. The number of aromatic nitrogens is 2. The van der Waals surface area contributed by atoms with Gasteiger partial charge in [0.25, 0.3) is 0 Å². The van der Waals surface area contributed by atoms with Crippen LogP contribution in [0.15, 0.2) is 11.0 Å². The van der Waals surface area contributed by atoms with Gasteiger partial charge in [0.1, 0.15) is 0 Å². The zero-order valence-corrected chi connectivity index (χ0v) is 7.49. The number of hydrogen-bond acceptors (Lipinski definition) is 2. The molecule has 0 spiro atoms. The number of rotatable bonds is 1. The molecule has 1 aromatic rings. The molecule has 1 aromatic heterocycles. The second-order valence-electron chi connectivity index (χ2n) is 3.64. The molecule has 0 aromatic carbocycles. The lowest BCUT2D eigenvalue weighted by Gasteiger charge is -2.21. The Hall–Kier alpha value is -1.19. The summed E-state index contributed by atoms with van der Waals surface area (Å²) in [7, 11) is 0. The van der Waals surface area contributed by atoms with Gasteiger partial charge in [-0.05, 0) is 12.8 Å². The molecule has 1 heterocycles. The van der Waals surface area contributed by atoms with E-state index in [-0.39, 0.29) is 11.6 Å². The van der Waals surface area contributed by atoms with Gasteiger partial charge in [-0.2, -0.15) is 0 Å². The molecule has 0 unspecified atom stereocenters. The third-order valence-corrected chi connectivity index (χ3v) is 2.70. The van der Waals surface area contributed by atoms with Crippen LogP contribution in [0.2, 0.25) is 0 Å². The van der Waals surface area contributed by atoms with Crippen molar-refractivity contribution in [1.29, 1.82) is 0 Å². The van der Waals surface area contributed by atoms with Crippen LogP contribution in [0.25, 0.3) is 0 Å². The smallest absolute Gasteiger partial charge is 0.328 e. The number of nitrogens with zero attached hydrogens (tertiary/aromatic N) is 1. The van der Waals surface area contributed by atoms with E-state index < -0.39 is 0 Å². The van der Waals surface area contributed by atoms with Gasteiger partial charge in [-0.25, -0.2) is 4.79 Å². The summed E-state index contributed by atoms with van der Waals surface area (Å²) in [6.07, 6.45) is 7.24. The number of aromatic hydroxyl groups is 1. The monoisotopic (exact) mass is 182 g/mol. The average Bonchev–Trinajstić information content (AvgIpc) is 2.47. The Balaban J connectivity index is 2.23. The molecule has 1 aliphatic rings. The first-order valence-corrected chi connectivity index (χ1v) is 4.77. The maximum absolute atomic E-state index is 11.3. The van der Waals surface area contributed by atoms with Gasteiger partial charge >= 0.3 is 5.69 Å². The van der Waals surface area contributed by atoms with Crippen molar-refractivity contribution in [3.63, 3.8) is 0 Å². The van der Waals surface area contributed by atoms with Crippen molar-refractivity contribution in [3.05, 3.63) is 16.7 Å². The molecular formula is C9H14N2O2. The zero-order valence-electron chi connectivity index (χ0n) is 7.49. The van der Waals surface area contributed by atoms with Crippen LogP contribution < -0.4 is 5.69 Å². The highest BCUT2D eigenvalue weighted by atomic mass is 16.3. The first kappa shape index (κ1) is 8.41. The van der Waals surface area contributed by atoms with Crippen LogP contribution in [0.1, 0.15) is 38.1 Å². The maximum Gasteiger partial charge on any atom is 0.328 e. The summed E-state index contributed by atoms with van der Waals surface area (Å²) < 4.78 is 1.62. The van der Waals surface area contributed by atoms with Gasteiger partial charge in [-0.15, -0.1) is 0 Å². The molecule has 72 valence electrons. The molecule has 0 saturated heterocycles. The fraction of sp³-hybridized carbons (Fsp3) is 0.667. The summed E-state index contributed by atoms with van der Waals surface area (Å²) in [5.41, 5.74) is -0.190. The highest BCUT2D eigenvalue weighted by Gasteiger charge is 2.17. The van der Waals surface area contributed by atoms with Crippen LogP contribution in [0, 0.1) is 0 Å². The van der Waals surface area contributed by atoms with E-state index in [0.717, 1.165) is 12.8 Å². The van der Waals surface area contributed by atoms with E-state index in [1.807, 2.05) is 0 Å². The first-order valence-electron chi connectivity index (χ1n) is 4.77. The van der Waals surface area contributed by atoms with E-state index in [1.54, 1.807) is 4.57 Å². The van der Waals surface area contributed by atoms with Gasteiger partial charge in [0.05, 0.1) is 6.20 Å². The van der Waals surface area contributed by atoms with Crippen molar-refractivity contribution in [1.82, 2.24) is 9.55 Å². The quantitative estimate of drug-likeness (QED) is 0.689. The van der Waals surface area contributed by atoms with Gasteiger partial charge in [0.15, 0.2) is 0 Å². The zero-order chi connectivity index (χ0) is 9.26. The van der Waals surface area contributed by atoms with Crippen molar-refractivity contribution >= 4 is 0 Å². The molecule has 13 heavy (non-hydrogen) atoms. The van der Waals surface area contributed by atoms with Gasteiger partial charge < -0.3 is 5.11 Å². The predicted octanol–water partition coefficient (Wildman–Crippen LogP) is 1.39. The summed E-state index contributed by atoms with van der Waals surface area (Å²) in [5, 5.41) is 9.09. The maximum atomic E-state index is 11.3. The lowest BCUT2D eigenvalue weighted by Crippen LogP contribution is -2.23. The highest BCUT2D eigenvalue weighted by molar-refractivity contribution is 5.02. The predicted molar refractivity (Wildman–Crippen MR) is 48.8 cm³/mol. The average molecular weight is 182 g/mol. The van der Waals surface area contributed by atoms with Crippen LogP contribution in [0.4, 0.5) is 0 Å². The van der Waals surface area contributed by atoms with E-state index in [2.05, 4.69) is 4.98 Å². The van der Waals surface area contributed by atoms with Crippen LogP contribution in [0.3, 0.4) is 0 Å². The normalized spacial score (nSPS) is 19.1. The lowest BCUT2D eigenvalue weighted by atomic mass is 9.95. The SMILES string of the molecule is O=c1[nH]c(O)cn1C1CCCCC1. The molecule has 2 rings (SSSR count). The van der Waals surface area contributed by atoms with E-state index in [0.29, 0.717) is 6.04 Å². The summed E-state index contributed by atoms with van der Waals surface area (Å²) >= 11 is 0. The van der Waals surface area contributed by atoms with Crippen LogP contribution in [0.5, 0.6) is 5.88 Å².